The summed E-state index contributed by atoms with van der Waals surface area (Å²) in [6, 6.07) is 8.43. The van der Waals surface area contributed by atoms with Crippen molar-refractivity contribution in [2.75, 3.05) is 18.0 Å². The van der Waals surface area contributed by atoms with Gasteiger partial charge in [0.05, 0.1) is 6.10 Å². The van der Waals surface area contributed by atoms with Gasteiger partial charge in [0.25, 0.3) is 0 Å². The van der Waals surface area contributed by atoms with Gasteiger partial charge < -0.3 is 10.0 Å². The van der Waals surface area contributed by atoms with Crippen LogP contribution in [0.2, 0.25) is 0 Å². The van der Waals surface area contributed by atoms with Crippen LogP contribution in [0.3, 0.4) is 0 Å². The molecule has 1 aliphatic heterocycles. The maximum absolute atomic E-state index is 9.45. The van der Waals surface area contributed by atoms with Gasteiger partial charge in [-0.2, -0.15) is 0 Å². The second-order valence-corrected chi connectivity index (χ2v) is 4.38. The number of anilines is 1. The fraction of sp³-hybridized carbons (Fsp3) is 0.538. The summed E-state index contributed by atoms with van der Waals surface area (Å²) in [6.07, 6.45) is 3.09. The van der Waals surface area contributed by atoms with Crippen LogP contribution in [0.25, 0.3) is 0 Å². The van der Waals surface area contributed by atoms with Crippen LogP contribution in [-0.2, 0) is 6.42 Å². The standard InChI is InChI=1S/C13H19NO/c1-11(15)10-12-6-2-3-7-13(12)14-8-4-5-9-14/h2-3,6-7,11,15H,4-5,8-10H2,1H3. The molecule has 2 rings (SSSR count). The highest BCUT2D eigenvalue weighted by atomic mass is 16.3. The quantitative estimate of drug-likeness (QED) is 0.817. The molecule has 0 aliphatic carbocycles. The summed E-state index contributed by atoms with van der Waals surface area (Å²) in [5, 5.41) is 9.45. The molecule has 2 nitrogen and oxygen atoms in total. The zero-order chi connectivity index (χ0) is 10.7. The molecule has 2 heteroatoms. The van der Waals surface area contributed by atoms with Crippen LogP contribution in [0, 0.1) is 0 Å². The molecule has 15 heavy (non-hydrogen) atoms. The molecule has 0 spiro atoms. The molecule has 1 aliphatic rings. The molecule has 0 amide bonds. The second-order valence-electron chi connectivity index (χ2n) is 4.38. The summed E-state index contributed by atoms with van der Waals surface area (Å²) < 4.78 is 0. The summed E-state index contributed by atoms with van der Waals surface area (Å²) in [4.78, 5) is 2.43. The van der Waals surface area contributed by atoms with Gasteiger partial charge >= 0.3 is 0 Å². The van der Waals surface area contributed by atoms with E-state index in [9.17, 15) is 5.11 Å². The summed E-state index contributed by atoms with van der Waals surface area (Å²) in [7, 11) is 0. The minimum absolute atomic E-state index is 0.256. The van der Waals surface area contributed by atoms with Crippen molar-refractivity contribution < 1.29 is 5.11 Å². The molecule has 1 saturated heterocycles. The maximum atomic E-state index is 9.45. The van der Waals surface area contributed by atoms with Crippen molar-refractivity contribution in [2.24, 2.45) is 0 Å². The van der Waals surface area contributed by atoms with E-state index in [1.165, 1.54) is 24.1 Å². The van der Waals surface area contributed by atoms with E-state index in [0.717, 1.165) is 19.5 Å². The Balaban J connectivity index is 2.20. The van der Waals surface area contributed by atoms with Crippen molar-refractivity contribution in [3.8, 4) is 0 Å². The van der Waals surface area contributed by atoms with Crippen LogP contribution >= 0.6 is 0 Å². The highest BCUT2D eigenvalue weighted by Gasteiger charge is 2.15. The SMILES string of the molecule is CC(O)Cc1ccccc1N1CCCC1. The van der Waals surface area contributed by atoms with Crippen LogP contribution in [0.15, 0.2) is 24.3 Å². The Kier molecular flexibility index (Phi) is 3.27. The van der Waals surface area contributed by atoms with Gasteiger partial charge in [0.1, 0.15) is 0 Å². The molecular formula is C13H19NO. The normalized spacial score (nSPS) is 18.1. The minimum atomic E-state index is -0.256. The van der Waals surface area contributed by atoms with E-state index in [4.69, 9.17) is 0 Å². The highest BCUT2D eigenvalue weighted by molar-refractivity contribution is 5.54. The van der Waals surface area contributed by atoms with Crippen molar-refractivity contribution in [1.82, 2.24) is 0 Å². The van der Waals surface area contributed by atoms with E-state index in [2.05, 4.69) is 29.2 Å². The first-order valence-electron chi connectivity index (χ1n) is 5.78. The summed E-state index contributed by atoms with van der Waals surface area (Å²) in [5.74, 6) is 0. The van der Waals surface area contributed by atoms with Crippen LogP contribution in [-0.4, -0.2) is 24.3 Å². The average Bonchev–Trinajstić information content (AvgIpc) is 2.70. The average molecular weight is 205 g/mol. The lowest BCUT2D eigenvalue weighted by Gasteiger charge is -2.21. The third kappa shape index (κ3) is 2.51. The number of benzene rings is 1. The van der Waals surface area contributed by atoms with Crippen molar-refractivity contribution >= 4 is 5.69 Å². The minimum Gasteiger partial charge on any atom is -0.393 e. The van der Waals surface area contributed by atoms with Crippen LogP contribution in [0.4, 0.5) is 5.69 Å². The van der Waals surface area contributed by atoms with E-state index < -0.39 is 0 Å². The van der Waals surface area contributed by atoms with Gasteiger partial charge in [-0.1, -0.05) is 18.2 Å². The fourth-order valence-corrected chi connectivity index (χ4v) is 2.27. The smallest absolute Gasteiger partial charge is 0.0553 e. The highest BCUT2D eigenvalue weighted by Crippen LogP contribution is 2.25. The number of nitrogens with zero attached hydrogens (tertiary/aromatic N) is 1. The first-order chi connectivity index (χ1) is 7.27. The number of hydrogen-bond acceptors (Lipinski definition) is 2. The van der Waals surface area contributed by atoms with E-state index in [0.29, 0.717) is 0 Å². The molecule has 1 heterocycles. The number of aliphatic hydroxyl groups is 1. The summed E-state index contributed by atoms with van der Waals surface area (Å²) in [6.45, 7) is 4.18. The van der Waals surface area contributed by atoms with Gasteiger partial charge in [-0.25, -0.2) is 0 Å². The van der Waals surface area contributed by atoms with Crippen LogP contribution < -0.4 is 4.90 Å². The van der Waals surface area contributed by atoms with Gasteiger partial charge in [0.15, 0.2) is 0 Å². The molecule has 1 atom stereocenters. The zero-order valence-corrected chi connectivity index (χ0v) is 9.32. The van der Waals surface area contributed by atoms with Crippen molar-refractivity contribution in [3.63, 3.8) is 0 Å². The van der Waals surface area contributed by atoms with E-state index in [1.807, 2.05) is 6.92 Å². The Morgan fingerprint density at radius 2 is 1.93 bits per heavy atom. The Labute approximate surface area is 91.5 Å². The molecule has 0 saturated carbocycles. The second kappa shape index (κ2) is 4.67. The molecule has 82 valence electrons. The molecule has 1 aromatic carbocycles. The molecule has 1 fully saturated rings. The molecule has 0 radical (unpaired) electrons. The lowest BCUT2D eigenvalue weighted by Crippen LogP contribution is -2.20. The van der Waals surface area contributed by atoms with E-state index in [-0.39, 0.29) is 6.10 Å². The Bertz CT molecular complexity index is 316. The molecule has 0 bridgehead atoms. The molecule has 0 aromatic heterocycles. The van der Waals surface area contributed by atoms with Crippen molar-refractivity contribution in [2.45, 2.75) is 32.3 Å². The predicted octanol–water partition coefficient (Wildman–Crippen LogP) is 2.21. The van der Waals surface area contributed by atoms with Crippen LogP contribution in [0.5, 0.6) is 0 Å². The van der Waals surface area contributed by atoms with Crippen molar-refractivity contribution in [3.05, 3.63) is 29.8 Å². The topological polar surface area (TPSA) is 23.5 Å². The third-order valence-corrected chi connectivity index (χ3v) is 2.95. The van der Waals surface area contributed by atoms with Gasteiger partial charge in [0.2, 0.25) is 0 Å². The first-order valence-corrected chi connectivity index (χ1v) is 5.78. The Morgan fingerprint density at radius 1 is 1.27 bits per heavy atom. The monoisotopic (exact) mass is 205 g/mol. The summed E-state index contributed by atoms with van der Waals surface area (Å²) >= 11 is 0. The molecular weight excluding hydrogens is 186 g/mol. The molecule has 1 unspecified atom stereocenters. The molecule has 1 aromatic rings. The molecule has 1 N–H and O–H groups in total. The lowest BCUT2D eigenvalue weighted by molar-refractivity contribution is 0.195. The zero-order valence-electron chi connectivity index (χ0n) is 9.32. The largest absolute Gasteiger partial charge is 0.393 e. The number of aliphatic hydroxyl groups excluding tert-OH is 1. The van der Waals surface area contributed by atoms with Crippen molar-refractivity contribution in [1.29, 1.82) is 0 Å². The lowest BCUT2D eigenvalue weighted by atomic mass is 10.1. The number of para-hydroxylation sites is 1. The third-order valence-electron chi connectivity index (χ3n) is 2.95. The Morgan fingerprint density at radius 3 is 2.60 bits per heavy atom. The van der Waals surface area contributed by atoms with Gasteiger partial charge in [-0.05, 0) is 31.4 Å². The van der Waals surface area contributed by atoms with E-state index in [1.54, 1.807) is 0 Å². The fourth-order valence-electron chi connectivity index (χ4n) is 2.27. The first kappa shape index (κ1) is 10.5. The number of rotatable bonds is 3. The van der Waals surface area contributed by atoms with Gasteiger partial charge in [-0.15, -0.1) is 0 Å². The van der Waals surface area contributed by atoms with Gasteiger partial charge in [-0.3, -0.25) is 0 Å². The Hall–Kier alpha value is -1.02. The maximum Gasteiger partial charge on any atom is 0.0553 e. The number of hydrogen-bond donors (Lipinski definition) is 1. The van der Waals surface area contributed by atoms with Crippen LogP contribution in [0.1, 0.15) is 25.3 Å². The summed E-state index contributed by atoms with van der Waals surface area (Å²) in [5.41, 5.74) is 2.59. The van der Waals surface area contributed by atoms with E-state index >= 15 is 0 Å². The predicted molar refractivity (Wildman–Crippen MR) is 63.3 cm³/mol. The van der Waals surface area contributed by atoms with Gasteiger partial charge in [0, 0.05) is 25.2 Å².